The van der Waals surface area contributed by atoms with Gasteiger partial charge in [0.2, 0.25) is 0 Å². The fourth-order valence-electron chi connectivity index (χ4n) is 3.72. The maximum Gasteiger partial charge on any atom is 0.147 e. The van der Waals surface area contributed by atoms with Gasteiger partial charge in [-0.3, -0.25) is 0 Å². The van der Waals surface area contributed by atoms with Crippen LogP contribution in [0.2, 0.25) is 0 Å². The smallest absolute Gasteiger partial charge is 0.147 e. The average molecular weight is 390 g/mol. The number of para-hydroxylation sites is 1. The molecule has 2 unspecified atom stereocenters. The maximum atomic E-state index is 6.62. The Labute approximate surface area is 171 Å². The minimum Gasteiger partial charge on any atom is -0.457 e. The van der Waals surface area contributed by atoms with Crippen LogP contribution in [0.4, 0.5) is 17.2 Å². The predicted molar refractivity (Wildman–Crippen MR) is 117 cm³/mol. The number of hydrogen-bond acceptors (Lipinski definition) is 6. The molecule has 0 bridgehead atoms. The summed E-state index contributed by atoms with van der Waals surface area (Å²) in [5.41, 5.74) is 15.5. The van der Waals surface area contributed by atoms with E-state index < -0.39 is 0 Å². The third kappa shape index (κ3) is 4.67. The molecule has 1 aliphatic rings. The monoisotopic (exact) mass is 389 g/mol. The Morgan fingerprint density at radius 1 is 1.03 bits per heavy atom. The first-order valence-corrected chi connectivity index (χ1v) is 10.0. The molecule has 6 N–H and O–H groups in total. The molecule has 150 valence electrons. The van der Waals surface area contributed by atoms with Gasteiger partial charge in [0.25, 0.3) is 0 Å². The van der Waals surface area contributed by atoms with Crippen LogP contribution >= 0.6 is 0 Å². The number of benzene rings is 2. The molecule has 6 nitrogen and oxygen atoms in total. The fourth-order valence-corrected chi connectivity index (χ4v) is 3.72. The Morgan fingerprint density at radius 2 is 1.79 bits per heavy atom. The Hall–Kier alpha value is -3.09. The number of nitrogens with two attached hydrogens (primary N) is 2. The van der Waals surface area contributed by atoms with E-state index in [-0.39, 0.29) is 6.04 Å². The van der Waals surface area contributed by atoms with Crippen LogP contribution in [0.5, 0.6) is 11.5 Å². The number of nitrogens with one attached hydrogen (secondary N) is 2. The second-order valence-corrected chi connectivity index (χ2v) is 7.36. The molecule has 0 aliphatic carbocycles. The van der Waals surface area contributed by atoms with Crippen LogP contribution in [0, 0.1) is 5.92 Å². The molecule has 0 saturated carbocycles. The number of nitrogen functional groups attached to an aromatic ring is 1. The topological polar surface area (TPSA) is 98.2 Å². The molecule has 2 atom stereocenters. The molecule has 1 aliphatic heterocycles. The summed E-state index contributed by atoms with van der Waals surface area (Å²) in [4.78, 5) is 4.26. The third-order valence-corrected chi connectivity index (χ3v) is 5.32. The summed E-state index contributed by atoms with van der Waals surface area (Å²) in [7, 11) is 0. The van der Waals surface area contributed by atoms with Crippen LogP contribution in [0.15, 0.2) is 66.9 Å². The standard InChI is InChI=1S/C23H27N5O/c24-21(16-5-4-13-26-15-16)20-12-14-27-23(25)22(20)28-17-8-10-19(11-9-17)29-18-6-2-1-3-7-18/h1-3,6-12,14,16,21,26,28H,4-5,13,15,24H2,(H2,25,27). The second kappa shape index (κ2) is 8.94. The Bertz CT molecular complexity index is 924. The van der Waals surface area contributed by atoms with Gasteiger partial charge in [-0.1, -0.05) is 18.2 Å². The molecule has 2 heterocycles. The van der Waals surface area contributed by atoms with Gasteiger partial charge in [-0.05, 0) is 79.9 Å². The van der Waals surface area contributed by atoms with Gasteiger partial charge in [-0.15, -0.1) is 0 Å². The highest BCUT2D eigenvalue weighted by atomic mass is 16.5. The summed E-state index contributed by atoms with van der Waals surface area (Å²) in [5.74, 6) is 2.41. The number of rotatable bonds is 6. The summed E-state index contributed by atoms with van der Waals surface area (Å²) in [5, 5.41) is 6.84. The van der Waals surface area contributed by atoms with Gasteiger partial charge in [0.05, 0.1) is 5.69 Å². The third-order valence-electron chi connectivity index (χ3n) is 5.32. The average Bonchev–Trinajstić information content (AvgIpc) is 2.77. The van der Waals surface area contributed by atoms with Crippen LogP contribution in [0.1, 0.15) is 24.4 Å². The van der Waals surface area contributed by atoms with Crippen molar-refractivity contribution in [2.75, 3.05) is 24.1 Å². The highest BCUT2D eigenvalue weighted by molar-refractivity contribution is 5.74. The van der Waals surface area contributed by atoms with Crippen molar-refractivity contribution >= 4 is 17.2 Å². The van der Waals surface area contributed by atoms with Crippen molar-refractivity contribution in [3.63, 3.8) is 0 Å². The zero-order valence-corrected chi connectivity index (χ0v) is 16.3. The number of piperidine rings is 1. The van der Waals surface area contributed by atoms with Crippen molar-refractivity contribution in [2.24, 2.45) is 11.7 Å². The van der Waals surface area contributed by atoms with Gasteiger partial charge in [-0.25, -0.2) is 4.98 Å². The van der Waals surface area contributed by atoms with Crippen molar-refractivity contribution in [1.29, 1.82) is 0 Å². The van der Waals surface area contributed by atoms with Crippen molar-refractivity contribution in [2.45, 2.75) is 18.9 Å². The van der Waals surface area contributed by atoms with Crippen LogP contribution in [0.25, 0.3) is 0 Å². The highest BCUT2D eigenvalue weighted by Gasteiger charge is 2.24. The predicted octanol–water partition coefficient (Wildman–Crippen LogP) is 4.20. The fraction of sp³-hybridized carbons (Fsp3) is 0.261. The minimum atomic E-state index is -0.101. The number of ether oxygens (including phenoxy) is 1. The number of anilines is 3. The lowest BCUT2D eigenvalue weighted by Crippen LogP contribution is -2.36. The van der Waals surface area contributed by atoms with Crippen LogP contribution in [0.3, 0.4) is 0 Å². The molecule has 0 radical (unpaired) electrons. The van der Waals surface area contributed by atoms with E-state index in [9.17, 15) is 0 Å². The van der Waals surface area contributed by atoms with Crippen molar-refractivity contribution in [1.82, 2.24) is 10.3 Å². The van der Waals surface area contributed by atoms with Crippen molar-refractivity contribution < 1.29 is 4.74 Å². The SMILES string of the molecule is Nc1nccc(C(N)C2CCCNC2)c1Nc1ccc(Oc2ccccc2)cc1. The zero-order chi connectivity index (χ0) is 20.1. The summed E-state index contributed by atoms with van der Waals surface area (Å²) >= 11 is 0. The lowest BCUT2D eigenvalue weighted by Gasteiger charge is -2.30. The van der Waals surface area contributed by atoms with Crippen LogP contribution < -0.4 is 26.8 Å². The molecule has 29 heavy (non-hydrogen) atoms. The first-order chi connectivity index (χ1) is 14.2. The molecular weight excluding hydrogens is 362 g/mol. The van der Waals surface area contributed by atoms with Gasteiger partial charge < -0.3 is 26.8 Å². The maximum absolute atomic E-state index is 6.62. The van der Waals surface area contributed by atoms with Gasteiger partial charge in [0, 0.05) is 17.9 Å². The van der Waals surface area contributed by atoms with Crippen LogP contribution in [-0.4, -0.2) is 18.1 Å². The van der Waals surface area contributed by atoms with E-state index >= 15 is 0 Å². The quantitative estimate of drug-likeness (QED) is 0.504. The number of nitrogens with zero attached hydrogens (tertiary/aromatic N) is 1. The van der Waals surface area contributed by atoms with Gasteiger partial charge in [-0.2, -0.15) is 0 Å². The summed E-state index contributed by atoms with van der Waals surface area (Å²) in [6, 6.07) is 19.3. The molecular formula is C23H27N5O. The van der Waals surface area contributed by atoms with Crippen molar-refractivity contribution in [3.05, 3.63) is 72.4 Å². The first kappa shape index (κ1) is 19.2. The van der Waals surface area contributed by atoms with E-state index in [1.165, 1.54) is 0 Å². The van der Waals surface area contributed by atoms with E-state index in [1.807, 2.05) is 60.7 Å². The molecule has 3 aromatic rings. The zero-order valence-electron chi connectivity index (χ0n) is 16.3. The van der Waals surface area contributed by atoms with E-state index in [0.717, 1.165) is 54.4 Å². The summed E-state index contributed by atoms with van der Waals surface area (Å²) in [6.45, 7) is 1.98. The van der Waals surface area contributed by atoms with Gasteiger partial charge in [0.15, 0.2) is 0 Å². The van der Waals surface area contributed by atoms with E-state index in [2.05, 4.69) is 15.6 Å². The van der Waals surface area contributed by atoms with Crippen LogP contribution in [-0.2, 0) is 0 Å². The number of aromatic nitrogens is 1. The van der Waals surface area contributed by atoms with Crippen molar-refractivity contribution in [3.8, 4) is 11.5 Å². The molecule has 6 heteroatoms. The lowest BCUT2D eigenvalue weighted by atomic mass is 9.87. The molecule has 0 spiro atoms. The lowest BCUT2D eigenvalue weighted by molar-refractivity contribution is 0.327. The minimum absolute atomic E-state index is 0.101. The van der Waals surface area contributed by atoms with Gasteiger partial charge in [0.1, 0.15) is 17.3 Å². The second-order valence-electron chi connectivity index (χ2n) is 7.36. The summed E-state index contributed by atoms with van der Waals surface area (Å²) < 4.78 is 5.86. The van der Waals surface area contributed by atoms with Gasteiger partial charge >= 0.3 is 0 Å². The summed E-state index contributed by atoms with van der Waals surface area (Å²) in [6.07, 6.45) is 3.98. The Balaban J connectivity index is 1.51. The number of pyridine rings is 1. The molecule has 1 saturated heterocycles. The molecule has 4 rings (SSSR count). The molecule has 0 amide bonds. The Morgan fingerprint density at radius 3 is 2.52 bits per heavy atom. The normalized spacial score (nSPS) is 17.5. The van der Waals surface area contributed by atoms with E-state index in [4.69, 9.17) is 16.2 Å². The number of hydrogen-bond donors (Lipinski definition) is 4. The molecule has 1 aromatic heterocycles. The Kier molecular flexibility index (Phi) is 5.93. The largest absolute Gasteiger partial charge is 0.457 e. The van der Waals surface area contributed by atoms with E-state index in [1.54, 1.807) is 6.20 Å². The first-order valence-electron chi connectivity index (χ1n) is 10.0. The molecule has 1 fully saturated rings. The highest BCUT2D eigenvalue weighted by Crippen LogP contribution is 2.34. The molecule has 2 aromatic carbocycles. The van der Waals surface area contributed by atoms with E-state index in [0.29, 0.717) is 11.7 Å².